The first-order valence-corrected chi connectivity index (χ1v) is 11.3. The molecule has 1 aliphatic heterocycles. The van der Waals surface area contributed by atoms with Crippen molar-refractivity contribution in [3.8, 4) is 0 Å². The van der Waals surface area contributed by atoms with Crippen molar-refractivity contribution in [3.05, 3.63) is 76.2 Å². The molecular weight excluding hydrogens is 408 g/mol. The van der Waals surface area contributed by atoms with Crippen LogP contribution in [-0.2, 0) is 13.0 Å². The topological polar surface area (TPSA) is 76.0 Å². The van der Waals surface area contributed by atoms with Crippen LogP contribution in [-0.4, -0.2) is 21.4 Å². The predicted octanol–water partition coefficient (Wildman–Crippen LogP) is 5.33. The second kappa shape index (κ2) is 8.35. The molecule has 5 rings (SSSR count). The Labute approximate surface area is 183 Å². The Morgan fingerprint density at radius 3 is 2.52 bits per heavy atom. The van der Waals surface area contributed by atoms with Crippen molar-refractivity contribution in [2.45, 2.75) is 32.2 Å². The number of benzene rings is 2. The number of amides is 2. The van der Waals surface area contributed by atoms with Crippen LogP contribution in [0.2, 0.25) is 0 Å². The number of aryl methyl sites for hydroxylation is 2. The minimum atomic E-state index is -0.198. The van der Waals surface area contributed by atoms with Gasteiger partial charge in [0.25, 0.3) is 11.8 Å². The number of hydrogen-bond donors (Lipinski definition) is 2. The largest absolute Gasteiger partial charge is 0.328 e. The number of hydrogen-bond acceptors (Lipinski definition) is 4. The number of carbonyl (C=O) groups is 2. The number of carbonyl (C=O) groups excluding carboxylic acids is 2. The van der Waals surface area contributed by atoms with Gasteiger partial charge in [-0.25, -0.2) is 4.98 Å². The van der Waals surface area contributed by atoms with Gasteiger partial charge in [-0.15, -0.1) is 11.3 Å². The zero-order chi connectivity index (χ0) is 21.2. The van der Waals surface area contributed by atoms with E-state index < -0.39 is 0 Å². The van der Waals surface area contributed by atoms with Crippen molar-refractivity contribution in [1.82, 2.24) is 9.55 Å². The van der Waals surface area contributed by atoms with Crippen LogP contribution in [0.3, 0.4) is 0 Å². The predicted molar refractivity (Wildman–Crippen MR) is 124 cm³/mol. The highest BCUT2D eigenvalue weighted by Crippen LogP contribution is 2.25. The van der Waals surface area contributed by atoms with Gasteiger partial charge in [-0.05, 0) is 66.8 Å². The van der Waals surface area contributed by atoms with Crippen molar-refractivity contribution in [1.29, 1.82) is 0 Å². The number of anilines is 2. The molecule has 31 heavy (non-hydrogen) atoms. The Hall–Kier alpha value is -3.45. The fourth-order valence-electron chi connectivity index (χ4n) is 3.94. The van der Waals surface area contributed by atoms with Crippen LogP contribution in [0.5, 0.6) is 0 Å². The Morgan fingerprint density at radius 2 is 1.71 bits per heavy atom. The van der Waals surface area contributed by atoms with Gasteiger partial charge in [-0.1, -0.05) is 12.5 Å². The van der Waals surface area contributed by atoms with E-state index in [2.05, 4.69) is 15.2 Å². The lowest BCUT2D eigenvalue weighted by Gasteiger charge is -2.08. The minimum Gasteiger partial charge on any atom is -0.328 e. The lowest BCUT2D eigenvalue weighted by Crippen LogP contribution is -2.13. The number of fused-ring (bicyclic) bond motifs is 3. The SMILES string of the molecule is O=C(Nc1ccc2c(c1)nc1n2CCCCC1)c1ccc(NC(=O)c2cccs2)cc1. The second-order valence-corrected chi connectivity index (χ2v) is 8.60. The summed E-state index contributed by atoms with van der Waals surface area (Å²) >= 11 is 1.39. The van der Waals surface area contributed by atoms with E-state index in [-0.39, 0.29) is 11.8 Å². The number of aromatic nitrogens is 2. The lowest BCUT2D eigenvalue weighted by molar-refractivity contribution is 0.102. The highest BCUT2D eigenvalue weighted by molar-refractivity contribution is 7.12. The Morgan fingerprint density at radius 1 is 0.903 bits per heavy atom. The molecule has 0 saturated carbocycles. The van der Waals surface area contributed by atoms with Gasteiger partial charge in [-0.3, -0.25) is 9.59 Å². The van der Waals surface area contributed by atoms with Gasteiger partial charge in [0.1, 0.15) is 5.82 Å². The Kier molecular flexibility index (Phi) is 5.26. The summed E-state index contributed by atoms with van der Waals surface area (Å²) in [7, 11) is 0. The number of nitrogens with zero attached hydrogens (tertiary/aromatic N) is 2. The molecular formula is C24H22N4O2S. The van der Waals surface area contributed by atoms with Crippen LogP contribution < -0.4 is 10.6 Å². The molecule has 0 aliphatic carbocycles. The molecule has 0 spiro atoms. The molecule has 156 valence electrons. The van der Waals surface area contributed by atoms with E-state index in [0.29, 0.717) is 16.1 Å². The third-order valence-corrected chi connectivity index (χ3v) is 6.39. The molecule has 2 N–H and O–H groups in total. The maximum Gasteiger partial charge on any atom is 0.265 e. The third kappa shape index (κ3) is 4.09. The number of thiophene rings is 1. The summed E-state index contributed by atoms with van der Waals surface area (Å²) in [5, 5.41) is 7.65. The lowest BCUT2D eigenvalue weighted by atomic mass is 10.2. The minimum absolute atomic E-state index is 0.154. The smallest absolute Gasteiger partial charge is 0.265 e. The molecule has 0 bridgehead atoms. The molecule has 4 aromatic rings. The summed E-state index contributed by atoms with van der Waals surface area (Å²) in [4.78, 5) is 30.3. The third-order valence-electron chi connectivity index (χ3n) is 5.52. The molecule has 2 amide bonds. The average Bonchev–Trinajstić information content (AvgIpc) is 3.37. The summed E-state index contributed by atoms with van der Waals surface area (Å²) in [6.45, 7) is 1.01. The van der Waals surface area contributed by atoms with Gasteiger partial charge < -0.3 is 15.2 Å². The Balaban J connectivity index is 1.28. The summed E-state index contributed by atoms with van der Waals surface area (Å²) in [5.74, 6) is 0.784. The van der Waals surface area contributed by atoms with Crippen LogP contribution in [0.1, 0.15) is 45.1 Å². The monoisotopic (exact) mass is 430 g/mol. The van der Waals surface area contributed by atoms with Crippen LogP contribution in [0, 0.1) is 0 Å². The van der Waals surface area contributed by atoms with Crippen LogP contribution in [0.25, 0.3) is 11.0 Å². The summed E-state index contributed by atoms with van der Waals surface area (Å²) < 4.78 is 2.30. The van der Waals surface area contributed by atoms with Gasteiger partial charge in [0.05, 0.1) is 15.9 Å². The fraction of sp³-hybridized carbons (Fsp3) is 0.208. The van der Waals surface area contributed by atoms with E-state index in [1.807, 2.05) is 29.6 Å². The van der Waals surface area contributed by atoms with E-state index in [1.165, 1.54) is 30.6 Å². The van der Waals surface area contributed by atoms with Gasteiger partial charge in [0.2, 0.25) is 0 Å². The van der Waals surface area contributed by atoms with Crippen LogP contribution in [0.15, 0.2) is 60.0 Å². The first-order chi connectivity index (χ1) is 15.2. The number of imidazole rings is 1. The Bertz CT molecular complexity index is 1240. The molecule has 3 heterocycles. The summed E-state index contributed by atoms with van der Waals surface area (Å²) in [6, 6.07) is 16.4. The molecule has 0 radical (unpaired) electrons. The van der Waals surface area contributed by atoms with Crippen LogP contribution in [0.4, 0.5) is 11.4 Å². The zero-order valence-electron chi connectivity index (χ0n) is 16.9. The highest BCUT2D eigenvalue weighted by Gasteiger charge is 2.15. The molecule has 2 aromatic heterocycles. The number of rotatable bonds is 4. The van der Waals surface area contributed by atoms with Gasteiger partial charge in [0.15, 0.2) is 0 Å². The van der Waals surface area contributed by atoms with Crippen molar-refractivity contribution in [2.24, 2.45) is 0 Å². The maximum absolute atomic E-state index is 12.7. The van der Waals surface area contributed by atoms with E-state index in [0.717, 1.165) is 35.5 Å². The van der Waals surface area contributed by atoms with Crippen molar-refractivity contribution in [3.63, 3.8) is 0 Å². The van der Waals surface area contributed by atoms with E-state index in [4.69, 9.17) is 4.98 Å². The molecule has 0 unspecified atom stereocenters. The van der Waals surface area contributed by atoms with E-state index >= 15 is 0 Å². The molecule has 0 fully saturated rings. The normalized spacial score (nSPS) is 13.4. The molecule has 1 aliphatic rings. The van der Waals surface area contributed by atoms with E-state index in [9.17, 15) is 9.59 Å². The molecule has 0 saturated heterocycles. The zero-order valence-corrected chi connectivity index (χ0v) is 17.7. The van der Waals surface area contributed by atoms with Crippen molar-refractivity contribution >= 4 is 45.6 Å². The summed E-state index contributed by atoms with van der Waals surface area (Å²) in [6.07, 6.45) is 4.61. The quantitative estimate of drug-likeness (QED) is 0.459. The first-order valence-electron chi connectivity index (χ1n) is 10.4. The molecule has 7 heteroatoms. The summed E-state index contributed by atoms with van der Waals surface area (Å²) in [5.41, 5.74) is 3.94. The number of nitrogens with one attached hydrogen (secondary N) is 2. The van der Waals surface area contributed by atoms with Gasteiger partial charge >= 0.3 is 0 Å². The van der Waals surface area contributed by atoms with E-state index in [1.54, 1.807) is 30.3 Å². The molecule has 6 nitrogen and oxygen atoms in total. The van der Waals surface area contributed by atoms with Gasteiger partial charge in [0, 0.05) is 29.9 Å². The maximum atomic E-state index is 12.7. The van der Waals surface area contributed by atoms with Gasteiger partial charge in [-0.2, -0.15) is 0 Å². The molecule has 0 atom stereocenters. The fourth-order valence-corrected chi connectivity index (χ4v) is 4.56. The first kappa shape index (κ1) is 19.5. The van der Waals surface area contributed by atoms with Crippen molar-refractivity contribution in [2.75, 3.05) is 10.6 Å². The van der Waals surface area contributed by atoms with Crippen LogP contribution >= 0.6 is 11.3 Å². The van der Waals surface area contributed by atoms with Crippen molar-refractivity contribution < 1.29 is 9.59 Å². The standard InChI is InChI=1S/C24H22N4O2S/c29-23(16-7-9-17(10-8-16)25-24(30)21-5-4-14-31-21)26-18-11-12-20-19(15-18)27-22-6-2-1-3-13-28(20)22/h4-5,7-12,14-15H,1-3,6,13H2,(H,25,30)(H,26,29). The molecule has 2 aromatic carbocycles. The average molecular weight is 431 g/mol. The highest BCUT2D eigenvalue weighted by atomic mass is 32.1. The second-order valence-electron chi connectivity index (χ2n) is 7.66.